The first-order chi connectivity index (χ1) is 9.04. The van der Waals surface area contributed by atoms with Gasteiger partial charge in [-0.2, -0.15) is 0 Å². The molecule has 4 nitrogen and oxygen atoms in total. The molecule has 0 aromatic rings. The van der Waals surface area contributed by atoms with Crippen LogP contribution in [0.5, 0.6) is 0 Å². The standard InChI is InChI=1S/C15H30N2O2/c1-13(2)17(9-10-19-3)14(18)11-15(12-16)7-5-4-6-8-15/h13H,4-12,16H2,1-3H3. The molecule has 1 saturated carbocycles. The molecule has 0 aliphatic heterocycles. The molecule has 1 aliphatic rings. The highest BCUT2D eigenvalue weighted by Gasteiger charge is 2.34. The molecule has 1 amide bonds. The van der Waals surface area contributed by atoms with Gasteiger partial charge in [-0.1, -0.05) is 19.3 Å². The molecule has 0 atom stereocenters. The van der Waals surface area contributed by atoms with Gasteiger partial charge in [-0.15, -0.1) is 0 Å². The topological polar surface area (TPSA) is 55.6 Å². The minimum absolute atomic E-state index is 0.0511. The third-order valence-electron chi connectivity index (χ3n) is 4.35. The summed E-state index contributed by atoms with van der Waals surface area (Å²) in [5, 5.41) is 0. The molecule has 0 unspecified atom stereocenters. The number of carbonyl (C=O) groups is 1. The van der Waals surface area contributed by atoms with Gasteiger partial charge in [0.25, 0.3) is 0 Å². The van der Waals surface area contributed by atoms with E-state index in [0.717, 1.165) is 12.8 Å². The van der Waals surface area contributed by atoms with Crippen molar-refractivity contribution in [3.63, 3.8) is 0 Å². The first-order valence-corrected chi connectivity index (χ1v) is 7.53. The van der Waals surface area contributed by atoms with Crippen molar-refractivity contribution in [3.8, 4) is 0 Å². The molecule has 4 heteroatoms. The summed E-state index contributed by atoms with van der Waals surface area (Å²) in [6.45, 7) is 6.02. The molecular formula is C15H30N2O2. The Kier molecular flexibility index (Phi) is 6.80. The molecule has 0 saturated heterocycles. The second-order valence-corrected chi connectivity index (χ2v) is 6.12. The van der Waals surface area contributed by atoms with E-state index in [-0.39, 0.29) is 17.4 Å². The van der Waals surface area contributed by atoms with E-state index in [2.05, 4.69) is 13.8 Å². The number of amides is 1. The lowest BCUT2D eigenvalue weighted by Crippen LogP contribution is -2.44. The number of hydrogen-bond donors (Lipinski definition) is 1. The fraction of sp³-hybridized carbons (Fsp3) is 0.933. The van der Waals surface area contributed by atoms with Gasteiger partial charge in [-0.05, 0) is 38.6 Å². The zero-order valence-corrected chi connectivity index (χ0v) is 12.8. The van der Waals surface area contributed by atoms with Gasteiger partial charge in [-0.3, -0.25) is 4.79 Å². The predicted octanol–water partition coefficient (Wildman–Crippen LogP) is 2.17. The van der Waals surface area contributed by atoms with E-state index in [9.17, 15) is 4.79 Å². The maximum absolute atomic E-state index is 12.5. The number of nitrogens with two attached hydrogens (primary N) is 1. The Morgan fingerprint density at radius 3 is 2.42 bits per heavy atom. The monoisotopic (exact) mass is 270 g/mol. The van der Waals surface area contributed by atoms with Crippen LogP contribution in [-0.2, 0) is 9.53 Å². The van der Waals surface area contributed by atoms with E-state index in [4.69, 9.17) is 10.5 Å². The molecule has 0 aromatic heterocycles. The molecule has 0 radical (unpaired) electrons. The maximum Gasteiger partial charge on any atom is 0.223 e. The molecule has 1 fully saturated rings. The molecule has 0 heterocycles. The molecule has 2 N–H and O–H groups in total. The Morgan fingerprint density at radius 1 is 1.32 bits per heavy atom. The van der Waals surface area contributed by atoms with Gasteiger partial charge < -0.3 is 15.4 Å². The Bertz CT molecular complexity index is 273. The fourth-order valence-corrected chi connectivity index (χ4v) is 3.04. The van der Waals surface area contributed by atoms with Crippen molar-refractivity contribution in [2.75, 3.05) is 26.8 Å². The van der Waals surface area contributed by atoms with Gasteiger partial charge in [0.1, 0.15) is 0 Å². The summed E-state index contributed by atoms with van der Waals surface area (Å²) in [5.41, 5.74) is 6.02. The number of ether oxygens (including phenoxy) is 1. The number of carbonyl (C=O) groups excluding carboxylic acids is 1. The maximum atomic E-state index is 12.5. The summed E-state index contributed by atoms with van der Waals surface area (Å²) in [7, 11) is 1.67. The van der Waals surface area contributed by atoms with Gasteiger partial charge in [0.05, 0.1) is 6.61 Å². The molecule has 1 rings (SSSR count). The summed E-state index contributed by atoms with van der Waals surface area (Å²) in [5.74, 6) is 0.236. The summed E-state index contributed by atoms with van der Waals surface area (Å²) < 4.78 is 5.10. The average molecular weight is 270 g/mol. The lowest BCUT2D eigenvalue weighted by atomic mass is 9.71. The Balaban J connectivity index is 2.62. The van der Waals surface area contributed by atoms with Gasteiger partial charge in [0.15, 0.2) is 0 Å². The van der Waals surface area contributed by atoms with Gasteiger partial charge in [-0.25, -0.2) is 0 Å². The SMILES string of the molecule is COCCN(C(=O)CC1(CN)CCCCC1)C(C)C. The molecule has 0 aromatic carbocycles. The number of rotatable bonds is 7. The van der Waals surface area contributed by atoms with Crippen LogP contribution in [0.15, 0.2) is 0 Å². The van der Waals surface area contributed by atoms with Crippen LogP contribution in [0.4, 0.5) is 0 Å². The molecule has 19 heavy (non-hydrogen) atoms. The summed E-state index contributed by atoms with van der Waals surface area (Å²) in [6, 6.07) is 0.223. The highest BCUT2D eigenvalue weighted by Crippen LogP contribution is 2.38. The van der Waals surface area contributed by atoms with Crippen LogP contribution in [0.1, 0.15) is 52.4 Å². The van der Waals surface area contributed by atoms with Crippen molar-refractivity contribution in [1.29, 1.82) is 0 Å². The van der Waals surface area contributed by atoms with E-state index >= 15 is 0 Å². The number of hydrogen-bond acceptors (Lipinski definition) is 3. The Hall–Kier alpha value is -0.610. The van der Waals surface area contributed by atoms with Crippen LogP contribution >= 0.6 is 0 Å². The Labute approximate surface area is 117 Å². The summed E-state index contributed by atoms with van der Waals surface area (Å²) in [6.07, 6.45) is 6.52. The highest BCUT2D eigenvalue weighted by molar-refractivity contribution is 5.77. The average Bonchev–Trinajstić information content (AvgIpc) is 2.39. The van der Waals surface area contributed by atoms with E-state index in [1.165, 1.54) is 19.3 Å². The normalized spacial score (nSPS) is 18.6. The lowest BCUT2D eigenvalue weighted by Gasteiger charge is -2.38. The largest absolute Gasteiger partial charge is 0.383 e. The second-order valence-electron chi connectivity index (χ2n) is 6.12. The summed E-state index contributed by atoms with van der Waals surface area (Å²) >= 11 is 0. The Morgan fingerprint density at radius 2 is 1.95 bits per heavy atom. The van der Waals surface area contributed by atoms with Crippen molar-refractivity contribution >= 4 is 5.91 Å². The number of nitrogens with zero attached hydrogens (tertiary/aromatic N) is 1. The third kappa shape index (κ3) is 4.77. The smallest absolute Gasteiger partial charge is 0.223 e. The van der Waals surface area contributed by atoms with Crippen LogP contribution in [-0.4, -0.2) is 43.7 Å². The molecule has 0 spiro atoms. The third-order valence-corrected chi connectivity index (χ3v) is 4.35. The van der Waals surface area contributed by atoms with Crippen LogP contribution in [0.25, 0.3) is 0 Å². The zero-order valence-electron chi connectivity index (χ0n) is 12.8. The predicted molar refractivity (Wildman–Crippen MR) is 77.9 cm³/mol. The lowest BCUT2D eigenvalue weighted by molar-refractivity contribution is -0.136. The quantitative estimate of drug-likeness (QED) is 0.771. The first kappa shape index (κ1) is 16.4. The summed E-state index contributed by atoms with van der Waals surface area (Å²) in [4.78, 5) is 14.5. The first-order valence-electron chi connectivity index (χ1n) is 7.53. The van der Waals surface area contributed by atoms with Crippen molar-refractivity contribution in [3.05, 3.63) is 0 Å². The van der Waals surface area contributed by atoms with E-state index in [1.54, 1.807) is 7.11 Å². The van der Waals surface area contributed by atoms with Gasteiger partial charge in [0.2, 0.25) is 5.91 Å². The second kappa shape index (κ2) is 7.85. The van der Waals surface area contributed by atoms with Gasteiger partial charge in [0, 0.05) is 26.1 Å². The van der Waals surface area contributed by atoms with E-state index < -0.39 is 0 Å². The van der Waals surface area contributed by atoms with Crippen molar-refractivity contribution < 1.29 is 9.53 Å². The van der Waals surface area contributed by atoms with Crippen LogP contribution < -0.4 is 5.73 Å². The van der Waals surface area contributed by atoms with Crippen molar-refractivity contribution in [2.45, 2.75) is 58.4 Å². The molecule has 112 valence electrons. The van der Waals surface area contributed by atoms with Crippen LogP contribution in [0.2, 0.25) is 0 Å². The van der Waals surface area contributed by atoms with Crippen molar-refractivity contribution in [1.82, 2.24) is 4.90 Å². The van der Waals surface area contributed by atoms with Gasteiger partial charge >= 0.3 is 0 Å². The fourth-order valence-electron chi connectivity index (χ4n) is 3.04. The van der Waals surface area contributed by atoms with Crippen LogP contribution in [0.3, 0.4) is 0 Å². The van der Waals surface area contributed by atoms with Crippen molar-refractivity contribution in [2.24, 2.45) is 11.1 Å². The highest BCUT2D eigenvalue weighted by atomic mass is 16.5. The minimum atomic E-state index is 0.0511. The zero-order chi connectivity index (χ0) is 14.3. The van der Waals surface area contributed by atoms with Crippen LogP contribution in [0, 0.1) is 5.41 Å². The van der Waals surface area contributed by atoms with E-state index in [1.807, 2.05) is 4.90 Å². The number of methoxy groups -OCH3 is 1. The molecule has 1 aliphatic carbocycles. The minimum Gasteiger partial charge on any atom is -0.383 e. The van der Waals surface area contributed by atoms with E-state index in [0.29, 0.717) is 26.1 Å². The molecular weight excluding hydrogens is 240 g/mol. The molecule has 0 bridgehead atoms.